The smallest absolute Gasteiger partial charge is 0.283 e. The molecule has 0 atom stereocenters. The third-order valence-corrected chi connectivity index (χ3v) is 10.2. The molecule has 2 aromatic carbocycles. The van der Waals surface area contributed by atoms with Gasteiger partial charge in [0, 0.05) is 6.26 Å². The molecule has 0 fully saturated rings. The number of halogens is 6. The van der Waals surface area contributed by atoms with Crippen LogP contribution in [0.2, 0.25) is 0 Å². The maximum Gasteiger partial charge on any atom is 0.455 e. The normalized spacial score (nSPS) is 11.8. The zero-order valence-corrected chi connectivity index (χ0v) is 28.7. The van der Waals surface area contributed by atoms with Crippen molar-refractivity contribution in [1.29, 1.82) is 5.26 Å². The molecule has 0 aliphatic heterocycles. The van der Waals surface area contributed by atoms with Crippen LogP contribution < -0.4 is 0 Å². The molecule has 0 aliphatic rings. The van der Waals surface area contributed by atoms with Gasteiger partial charge in [-0.3, -0.25) is 9.59 Å². The summed E-state index contributed by atoms with van der Waals surface area (Å²) in [6, 6.07) is 20.3. The van der Waals surface area contributed by atoms with Crippen molar-refractivity contribution in [2.24, 2.45) is 0 Å². The second-order valence-electron chi connectivity index (χ2n) is 10.8. The van der Waals surface area contributed by atoms with Gasteiger partial charge in [-0.25, -0.2) is 17.8 Å². The summed E-state index contributed by atoms with van der Waals surface area (Å²) in [6.45, 7) is 0.704. The van der Waals surface area contributed by atoms with E-state index >= 15 is 0 Å². The number of hydrogen-bond donors (Lipinski definition) is 0. The van der Waals surface area contributed by atoms with Gasteiger partial charge in [0.1, 0.15) is 11.4 Å². The molecular weight excluding hydrogens is 757 g/mol. The standard InChI is InChI=1S/C16H9F3N4OS.C16H12F3N3O3S2/c17-16(18,19)15(24)14-6-5-13(25-14)12-9-23(22-21-12)8-11-3-1-10(7-20)2-4-11;1-27(24,25)11-4-2-10(3-5-11)8-22-9-12(20-21-22)13-6-7-14(26-13)15(23)16(17,18)19/h1-6,9H,8H2;2-7,9H,8H2,1H3. The Bertz CT molecular complexity index is 2370. The van der Waals surface area contributed by atoms with E-state index in [1.807, 2.05) is 6.07 Å². The summed E-state index contributed by atoms with van der Waals surface area (Å²) >= 11 is 1.42. The first-order chi connectivity index (χ1) is 24.4. The number of carbonyl (C=O) groups excluding carboxylic acids is 2. The molecule has 20 heteroatoms. The van der Waals surface area contributed by atoms with Crippen LogP contribution >= 0.6 is 22.7 Å². The highest BCUT2D eigenvalue weighted by Gasteiger charge is 2.41. The number of thiophene rings is 2. The van der Waals surface area contributed by atoms with Gasteiger partial charge in [0.05, 0.1) is 61.5 Å². The molecule has 0 saturated carbocycles. The molecule has 6 rings (SSSR count). The van der Waals surface area contributed by atoms with Crippen molar-refractivity contribution in [1.82, 2.24) is 30.0 Å². The van der Waals surface area contributed by atoms with E-state index < -0.39 is 38.6 Å². The van der Waals surface area contributed by atoms with E-state index in [0.717, 1.165) is 40.9 Å². The minimum Gasteiger partial charge on any atom is -0.283 e. The van der Waals surface area contributed by atoms with Crippen LogP contribution in [0.15, 0.2) is 90.1 Å². The van der Waals surface area contributed by atoms with Gasteiger partial charge in [0.25, 0.3) is 11.6 Å². The van der Waals surface area contributed by atoms with E-state index in [4.69, 9.17) is 5.26 Å². The van der Waals surface area contributed by atoms with Crippen molar-refractivity contribution < 1.29 is 44.3 Å². The number of ketones is 2. The van der Waals surface area contributed by atoms with Gasteiger partial charge in [-0.1, -0.05) is 34.7 Å². The highest BCUT2D eigenvalue weighted by atomic mass is 32.2. The second kappa shape index (κ2) is 15.0. The fraction of sp³-hybridized carbons (Fsp3) is 0.156. The summed E-state index contributed by atoms with van der Waals surface area (Å²) in [5.41, 5.74) is 2.95. The number of nitrogens with zero attached hydrogens (tertiary/aromatic N) is 7. The Morgan fingerprint density at radius 3 is 1.46 bits per heavy atom. The molecule has 0 radical (unpaired) electrons. The third kappa shape index (κ3) is 9.42. The molecule has 268 valence electrons. The lowest BCUT2D eigenvalue weighted by Gasteiger charge is -2.02. The fourth-order valence-corrected chi connectivity index (χ4v) is 6.81. The van der Waals surface area contributed by atoms with Crippen molar-refractivity contribution >= 4 is 44.1 Å². The van der Waals surface area contributed by atoms with Crippen LogP contribution in [-0.2, 0) is 22.9 Å². The van der Waals surface area contributed by atoms with E-state index in [0.29, 0.717) is 51.1 Å². The molecule has 4 aromatic heterocycles. The van der Waals surface area contributed by atoms with Crippen molar-refractivity contribution in [3.05, 3.63) is 112 Å². The van der Waals surface area contributed by atoms with Crippen molar-refractivity contribution in [2.45, 2.75) is 30.3 Å². The van der Waals surface area contributed by atoms with Crippen molar-refractivity contribution in [3.63, 3.8) is 0 Å². The van der Waals surface area contributed by atoms with E-state index in [-0.39, 0.29) is 9.77 Å². The third-order valence-electron chi connectivity index (χ3n) is 6.88. The van der Waals surface area contributed by atoms with Crippen LogP contribution in [-0.4, -0.2) is 68.6 Å². The first kappa shape index (κ1) is 37.7. The van der Waals surface area contributed by atoms with Gasteiger partial charge >= 0.3 is 12.4 Å². The number of carbonyl (C=O) groups is 2. The van der Waals surface area contributed by atoms with E-state index in [1.54, 1.807) is 42.6 Å². The van der Waals surface area contributed by atoms with E-state index in [9.17, 15) is 44.3 Å². The largest absolute Gasteiger partial charge is 0.455 e. The second-order valence-corrected chi connectivity index (χ2v) is 15.0. The van der Waals surface area contributed by atoms with Gasteiger partial charge in [-0.15, -0.1) is 32.9 Å². The lowest BCUT2D eigenvalue weighted by atomic mass is 10.1. The molecule has 6 aromatic rings. The fourth-order valence-electron chi connectivity index (χ4n) is 4.35. The molecule has 0 aliphatic carbocycles. The lowest BCUT2D eigenvalue weighted by molar-refractivity contribution is -0.0885. The van der Waals surface area contributed by atoms with Gasteiger partial charge in [0.2, 0.25) is 0 Å². The van der Waals surface area contributed by atoms with Crippen LogP contribution in [0, 0.1) is 11.3 Å². The Balaban J connectivity index is 0.000000202. The van der Waals surface area contributed by atoms with Crippen molar-refractivity contribution in [3.8, 4) is 27.2 Å². The molecule has 0 N–H and O–H groups in total. The molecule has 0 amide bonds. The minimum atomic E-state index is -4.92. The van der Waals surface area contributed by atoms with Gasteiger partial charge < -0.3 is 0 Å². The maximum atomic E-state index is 12.5. The number of aromatic nitrogens is 6. The quantitative estimate of drug-likeness (QED) is 0.113. The number of hydrogen-bond acceptors (Lipinski definition) is 11. The summed E-state index contributed by atoms with van der Waals surface area (Å²) in [7, 11) is -3.28. The maximum absolute atomic E-state index is 12.5. The molecule has 11 nitrogen and oxygen atoms in total. The lowest BCUT2D eigenvalue weighted by Crippen LogP contribution is -2.21. The molecule has 52 heavy (non-hydrogen) atoms. The molecule has 4 heterocycles. The summed E-state index contributed by atoms with van der Waals surface area (Å²) in [5, 5.41) is 24.5. The minimum absolute atomic E-state index is 0.200. The van der Waals surface area contributed by atoms with E-state index in [2.05, 4.69) is 20.6 Å². The van der Waals surface area contributed by atoms with Gasteiger partial charge in [-0.05, 0) is 59.7 Å². The monoisotopic (exact) mass is 777 g/mol. The van der Waals surface area contributed by atoms with Crippen LogP contribution in [0.25, 0.3) is 21.1 Å². The summed E-state index contributed by atoms with van der Waals surface area (Å²) in [5.74, 6) is -3.76. The zero-order chi connectivity index (χ0) is 37.8. The Labute approximate surface area is 298 Å². The topological polar surface area (TPSA) is 153 Å². The van der Waals surface area contributed by atoms with Crippen LogP contribution in [0.1, 0.15) is 36.0 Å². The van der Waals surface area contributed by atoms with Gasteiger partial charge in [-0.2, -0.15) is 31.6 Å². The number of Topliss-reactive ketones (excluding diaryl/α,β-unsaturated/α-hetero) is 2. The van der Waals surface area contributed by atoms with Gasteiger partial charge in [0.15, 0.2) is 9.84 Å². The number of benzene rings is 2. The summed E-state index contributed by atoms with van der Waals surface area (Å²) < 4.78 is 101. The first-order valence-electron chi connectivity index (χ1n) is 14.4. The molecular formula is C32H21F6N7O4S3. The Morgan fingerprint density at radius 2 is 1.10 bits per heavy atom. The predicted octanol–water partition coefficient (Wildman–Crippen LogP) is 6.87. The SMILES string of the molecule is CS(=O)(=O)c1ccc(Cn2cc(-c3ccc(C(=O)C(F)(F)F)s3)nn2)cc1.N#Cc1ccc(Cn2cc(-c3ccc(C(=O)C(F)(F)F)s3)nn2)cc1. The Kier molecular flexibility index (Phi) is 10.9. The first-order valence-corrected chi connectivity index (χ1v) is 17.9. The van der Waals surface area contributed by atoms with Crippen molar-refractivity contribution in [2.75, 3.05) is 6.26 Å². The summed E-state index contributed by atoms with van der Waals surface area (Å²) in [4.78, 5) is 22.7. The Morgan fingerprint density at radius 1 is 0.692 bits per heavy atom. The number of rotatable bonds is 9. The number of alkyl halides is 6. The molecule has 0 saturated heterocycles. The molecule has 0 spiro atoms. The highest BCUT2D eigenvalue weighted by Crippen LogP contribution is 2.32. The zero-order valence-electron chi connectivity index (χ0n) is 26.3. The highest BCUT2D eigenvalue weighted by molar-refractivity contribution is 7.90. The Hall–Kier alpha value is -5.52. The number of nitriles is 1. The average molecular weight is 778 g/mol. The van der Waals surface area contributed by atoms with Crippen LogP contribution in [0.4, 0.5) is 26.3 Å². The molecule has 0 unspecified atom stereocenters. The predicted molar refractivity (Wildman–Crippen MR) is 176 cm³/mol. The number of sulfone groups is 1. The summed E-state index contributed by atoms with van der Waals surface area (Å²) in [6.07, 6.45) is -5.57. The van der Waals surface area contributed by atoms with E-state index in [1.165, 1.54) is 39.8 Å². The van der Waals surface area contributed by atoms with Crippen LogP contribution in [0.5, 0.6) is 0 Å². The average Bonchev–Trinajstić information content (AvgIpc) is 3.91. The molecule has 0 bridgehead atoms. The van der Waals surface area contributed by atoms with Crippen LogP contribution in [0.3, 0.4) is 0 Å².